The first kappa shape index (κ1) is 26.9. The summed E-state index contributed by atoms with van der Waals surface area (Å²) < 4.78 is 0. The molecule has 1 aromatic carbocycles. The van der Waals surface area contributed by atoms with Gasteiger partial charge >= 0.3 is 0 Å². The average Bonchev–Trinajstić information content (AvgIpc) is 3.63. The number of aryl methyl sites for hydroxylation is 1. The zero-order valence-electron chi connectivity index (χ0n) is 20.3. The number of allylic oxidation sites excluding steroid dienone is 2. The average molecular weight is 472 g/mol. The predicted octanol–water partition coefficient (Wildman–Crippen LogP) is 5.13. The van der Waals surface area contributed by atoms with Gasteiger partial charge in [0, 0.05) is 49.4 Å². The Morgan fingerprint density at radius 3 is 2.48 bits per heavy atom. The van der Waals surface area contributed by atoms with E-state index < -0.39 is 0 Å². The number of ketones is 1. The largest absolute Gasteiger partial charge is 0.340 e. The molecule has 1 N–H and O–H groups in total. The second-order valence-corrected chi connectivity index (χ2v) is 8.85. The fourth-order valence-corrected chi connectivity index (χ4v) is 3.81. The van der Waals surface area contributed by atoms with Crippen molar-refractivity contribution in [3.63, 3.8) is 0 Å². The highest BCUT2D eigenvalue weighted by Gasteiger charge is 2.25. The van der Waals surface area contributed by atoms with Crippen LogP contribution in [0.5, 0.6) is 0 Å². The minimum atomic E-state index is 0.00955. The number of rotatable bonds is 9. The number of unbranched alkanes of at least 4 members (excludes halogenated alkanes) is 1. The Labute approximate surface area is 204 Å². The molecule has 1 aromatic rings. The van der Waals surface area contributed by atoms with Gasteiger partial charge in [-0.3, -0.25) is 9.59 Å². The number of piperazine rings is 1. The van der Waals surface area contributed by atoms with Gasteiger partial charge in [0.05, 0.1) is 12.2 Å². The van der Waals surface area contributed by atoms with Crippen LogP contribution in [0.4, 0.5) is 0 Å². The number of amides is 1. The number of Topliss-reactive ketones (excluding diaryl/α,β-unsaturated/α-hetero) is 1. The van der Waals surface area contributed by atoms with Crippen molar-refractivity contribution in [2.24, 2.45) is 0 Å². The van der Waals surface area contributed by atoms with E-state index >= 15 is 0 Å². The zero-order chi connectivity index (χ0) is 24.2. The molecule has 2 fully saturated rings. The Hall–Kier alpha value is -2.37. The smallest absolute Gasteiger partial charge is 0.246 e. The van der Waals surface area contributed by atoms with E-state index in [1.807, 2.05) is 41.3 Å². The molecule has 0 radical (unpaired) electrons. The normalized spacial score (nSPS) is 16.6. The molecule has 5 nitrogen and oxygen atoms in total. The van der Waals surface area contributed by atoms with Crippen molar-refractivity contribution in [1.82, 2.24) is 15.1 Å². The van der Waals surface area contributed by atoms with E-state index in [1.54, 1.807) is 17.9 Å². The highest BCUT2D eigenvalue weighted by Crippen LogP contribution is 2.20. The molecular formula is C27H38ClN3O2. The summed E-state index contributed by atoms with van der Waals surface area (Å²) in [6.45, 7) is 12.3. The van der Waals surface area contributed by atoms with Gasteiger partial charge in [-0.1, -0.05) is 68.8 Å². The molecule has 180 valence electrons. The fourth-order valence-electron chi connectivity index (χ4n) is 3.54. The summed E-state index contributed by atoms with van der Waals surface area (Å²) in [5.74, 6) is 0.0609. The van der Waals surface area contributed by atoms with Gasteiger partial charge in [0.2, 0.25) is 5.91 Å². The van der Waals surface area contributed by atoms with Crippen LogP contribution in [0.2, 0.25) is 5.02 Å². The maximum atomic E-state index is 12.3. The van der Waals surface area contributed by atoms with Gasteiger partial charge in [-0.2, -0.15) is 0 Å². The molecule has 0 atom stereocenters. The van der Waals surface area contributed by atoms with Crippen LogP contribution >= 0.6 is 11.6 Å². The van der Waals surface area contributed by atoms with E-state index in [-0.39, 0.29) is 11.7 Å². The van der Waals surface area contributed by atoms with Crippen molar-refractivity contribution in [1.29, 1.82) is 0 Å². The Balaban J connectivity index is 0.000000357. The molecule has 3 rings (SSSR count). The molecule has 2 aliphatic rings. The van der Waals surface area contributed by atoms with Gasteiger partial charge in [-0.05, 0) is 37.3 Å². The van der Waals surface area contributed by atoms with Gasteiger partial charge in [-0.15, -0.1) is 0 Å². The lowest BCUT2D eigenvalue weighted by molar-refractivity contribution is -0.126. The van der Waals surface area contributed by atoms with Gasteiger partial charge in [0.15, 0.2) is 5.78 Å². The second-order valence-electron chi connectivity index (χ2n) is 8.44. The summed E-state index contributed by atoms with van der Waals surface area (Å²) in [7, 11) is 0. The van der Waals surface area contributed by atoms with Crippen molar-refractivity contribution >= 4 is 23.3 Å². The van der Waals surface area contributed by atoms with E-state index in [4.69, 9.17) is 11.6 Å². The van der Waals surface area contributed by atoms with Gasteiger partial charge in [0.1, 0.15) is 0 Å². The fraction of sp³-hybridized carbons (Fsp3) is 0.481. The van der Waals surface area contributed by atoms with Crippen LogP contribution in [-0.2, 0) is 16.0 Å². The molecule has 33 heavy (non-hydrogen) atoms. The molecule has 0 unspecified atom stereocenters. The zero-order valence-corrected chi connectivity index (χ0v) is 21.0. The molecule has 1 saturated heterocycles. The lowest BCUT2D eigenvalue weighted by Gasteiger charge is -2.38. The lowest BCUT2D eigenvalue weighted by Crippen LogP contribution is -2.46. The molecular weight excluding hydrogens is 434 g/mol. The summed E-state index contributed by atoms with van der Waals surface area (Å²) in [5, 5.41) is 4.22. The summed E-state index contributed by atoms with van der Waals surface area (Å²) in [5.41, 5.74) is 2.73. The Bertz CT molecular complexity index is 874. The summed E-state index contributed by atoms with van der Waals surface area (Å²) in [4.78, 5) is 27.9. The second kappa shape index (κ2) is 14.0. The predicted molar refractivity (Wildman–Crippen MR) is 137 cm³/mol. The van der Waals surface area contributed by atoms with Gasteiger partial charge in [-0.25, -0.2) is 0 Å². The summed E-state index contributed by atoms with van der Waals surface area (Å²) in [6.07, 6.45) is 10.9. The molecule has 1 saturated carbocycles. The quantitative estimate of drug-likeness (QED) is 0.507. The Kier molecular flexibility index (Phi) is 11.4. The van der Waals surface area contributed by atoms with E-state index in [9.17, 15) is 9.59 Å². The van der Waals surface area contributed by atoms with E-state index in [2.05, 4.69) is 25.7 Å². The Morgan fingerprint density at radius 1 is 1.21 bits per heavy atom. The molecule has 1 aliphatic heterocycles. The number of nitrogens with one attached hydrogen (secondary N) is 1. The van der Waals surface area contributed by atoms with E-state index in [0.717, 1.165) is 36.5 Å². The van der Waals surface area contributed by atoms with Crippen LogP contribution in [0.1, 0.15) is 52.0 Å². The summed E-state index contributed by atoms with van der Waals surface area (Å²) >= 11 is 5.82. The first-order valence-corrected chi connectivity index (χ1v) is 12.3. The van der Waals surface area contributed by atoms with Crippen LogP contribution in [-0.4, -0.2) is 53.7 Å². The highest BCUT2D eigenvalue weighted by molar-refractivity contribution is 6.31. The van der Waals surface area contributed by atoms with Crippen molar-refractivity contribution in [2.45, 2.75) is 58.9 Å². The van der Waals surface area contributed by atoms with Gasteiger partial charge < -0.3 is 15.1 Å². The number of hydrogen-bond donors (Lipinski definition) is 1. The standard InChI is InChI=1S/C19H29N3O2.C8H9Cl/c1-4-5-7-18(16(3)23)22-13-12-21(14-15(22)2)19(24)8-6-11-20-17-9-10-17;1-2-7-5-3-4-6-8(7)9/h6-8,17,20H,2,4-5,9-14H2,1,3H3;3-6H,2H2,1H3/b8-6+,18-7-;. The molecule has 0 spiro atoms. The first-order valence-electron chi connectivity index (χ1n) is 12.0. The number of halogens is 1. The highest BCUT2D eigenvalue weighted by atomic mass is 35.5. The van der Waals surface area contributed by atoms with Crippen LogP contribution in [0.15, 0.2) is 60.5 Å². The molecule has 1 aliphatic carbocycles. The minimum absolute atomic E-state index is 0.00955. The van der Waals surface area contributed by atoms with Crippen molar-refractivity contribution < 1.29 is 9.59 Å². The van der Waals surface area contributed by atoms with E-state index in [1.165, 1.54) is 18.4 Å². The summed E-state index contributed by atoms with van der Waals surface area (Å²) in [6, 6.07) is 8.56. The number of nitrogens with zero attached hydrogens (tertiary/aromatic N) is 2. The van der Waals surface area contributed by atoms with E-state index in [0.29, 0.717) is 31.4 Å². The first-order chi connectivity index (χ1) is 15.9. The van der Waals surface area contributed by atoms with Gasteiger partial charge in [0.25, 0.3) is 0 Å². The third-order valence-corrected chi connectivity index (χ3v) is 6.01. The third-order valence-electron chi connectivity index (χ3n) is 5.64. The topological polar surface area (TPSA) is 52.7 Å². The number of benzene rings is 1. The molecule has 6 heteroatoms. The Morgan fingerprint density at radius 2 is 1.94 bits per heavy atom. The molecule has 1 amide bonds. The maximum absolute atomic E-state index is 12.3. The SMILES string of the molecule is C=C1CN(C(=O)/C=C/CNC2CC2)CCN1/C(=C\CCC)C(C)=O.CCc1ccccc1Cl. The van der Waals surface area contributed by atoms with Crippen LogP contribution in [0.25, 0.3) is 0 Å². The number of hydrogen-bond acceptors (Lipinski definition) is 4. The third kappa shape index (κ3) is 9.18. The van der Waals surface area contributed by atoms with Crippen LogP contribution in [0.3, 0.4) is 0 Å². The van der Waals surface area contributed by atoms with Crippen molar-refractivity contribution in [2.75, 3.05) is 26.2 Å². The maximum Gasteiger partial charge on any atom is 0.246 e. The monoisotopic (exact) mass is 471 g/mol. The molecule has 0 bridgehead atoms. The van der Waals surface area contributed by atoms with Crippen LogP contribution < -0.4 is 5.32 Å². The van der Waals surface area contributed by atoms with Crippen LogP contribution in [0, 0.1) is 0 Å². The molecule has 1 heterocycles. The number of carbonyl (C=O) groups is 2. The van der Waals surface area contributed by atoms with Crippen molar-refractivity contribution in [3.8, 4) is 0 Å². The molecule has 0 aromatic heterocycles. The number of carbonyl (C=O) groups excluding carboxylic acids is 2. The van der Waals surface area contributed by atoms with Crippen molar-refractivity contribution in [3.05, 3.63) is 71.1 Å². The minimum Gasteiger partial charge on any atom is -0.340 e. The lowest BCUT2D eigenvalue weighted by atomic mass is 10.1.